The van der Waals surface area contributed by atoms with E-state index in [-0.39, 0.29) is 11.9 Å². The molecule has 1 aromatic rings. The molecule has 0 aliphatic carbocycles. The van der Waals surface area contributed by atoms with Crippen molar-refractivity contribution in [1.29, 1.82) is 0 Å². The first-order valence-electron chi connectivity index (χ1n) is 5.55. The summed E-state index contributed by atoms with van der Waals surface area (Å²) in [5, 5.41) is 3.43. The first-order chi connectivity index (χ1) is 7.56. The van der Waals surface area contributed by atoms with E-state index in [1.54, 1.807) is 0 Å². The van der Waals surface area contributed by atoms with E-state index >= 15 is 0 Å². The van der Waals surface area contributed by atoms with Gasteiger partial charge in [0.2, 0.25) is 0 Å². The van der Waals surface area contributed by atoms with Crippen molar-refractivity contribution in [1.82, 2.24) is 5.32 Å². The largest absolute Gasteiger partial charge is 0.309 e. The van der Waals surface area contributed by atoms with Crippen LogP contribution in [0.3, 0.4) is 0 Å². The number of hydrogen-bond acceptors (Lipinski definition) is 2. The predicted octanol–water partition coefficient (Wildman–Crippen LogP) is 3.46. The van der Waals surface area contributed by atoms with Crippen LogP contribution in [0.25, 0.3) is 0 Å². The normalized spacial score (nSPS) is 12.8. The van der Waals surface area contributed by atoms with Gasteiger partial charge in [0, 0.05) is 18.3 Å². The summed E-state index contributed by atoms with van der Waals surface area (Å²) in [5.41, 5.74) is 2.62. The fraction of sp³-hybridized carbons (Fsp3) is 0.538. The van der Waals surface area contributed by atoms with Gasteiger partial charge in [0.1, 0.15) is 5.82 Å². The molecule has 0 bridgehead atoms. The van der Waals surface area contributed by atoms with Crippen LogP contribution in [0.1, 0.15) is 29.7 Å². The highest BCUT2D eigenvalue weighted by molar-refractivity contribution is 7.98. The van der Waals surface area contributed by atoms with Crippen molar-refractivity contribution in [2.24, 2.45) is 0 Å². The van der Waals surface area contributed by atoms with Gasteiger partial charge in [0.15, 0.2) is 0 Å². The molecule has 0 fully saturated rings. The number of rotatable bonds is 5. The summed E-state index contributed by atoms with van der Waals surface area (Å²) in [6.45, 7) is 6.74. The lowest BCUT2D eigenvalue weighted by Crippen LogP contribution is -2.21. The monoisotopic (exact) mass is 241 g/mol. The third kappa shape index (κ3) is 3.49. The van der Waals surface area contributed by atoms with Crippen LogP contribution in [0.5, 0.6) is 0 Å². The maximum absolute atomic E-state index is 13.5. The maximum Gasteiger partial charge on any atom is 0.129 e. The van der Waals surface area contributed by atoms with Crippen molar-refractivity contribution in [3.05, 3.63) is 34.6 Å². The minimum atomic E-state index is -0.0833. The average molecular weight is 241 g/mol. The molecule has 1 aromatic carbocycles. The molecular formula is C13H20FNS. The van der Waals surface area contributed by atoms with Crippen molar-refractivity contribution in [3.63, 3.8) is 0 Å². The Morgan fingerprint density at radius 2 is 1.88 bits per heavy atom. The second kappa shape index (κ2) is 6.26. The lowest BCUT2D eigenvalue weighted by Gasteiger charge is -2.16. The Bertz CT molecular complexity index is 329. The highest BCUT2D eigenvalue weighted by Crippen LogP contribution is 2.19. The van der Waals surface area contributed by atoms with E-state index in [2.05, 4.69) is 18.5 Å². The third-order valence-corrected chi connectivity index (χ3v) is 3.33. The van der Waals surface area contributed by atoms with E-state index in [4.69, 9.17) is 0 Å². The highest BCUT2D eigenvalue weighted by Gasteiger charge is 2.09. The number of halogens is 1. The van der Waals surface area contributed by atoms with E-state index in [1.165, 1.54) is 0 Å². The summed E-state index contributed by atoms with van der Waals surface area (Å²) in [5.74, 6) is 1.02. The molecule has 0 spiro atoms. The molecule has 16 heavy (non-hydrogen) atoms. The van der Waals surface area contributed by atoms with E-state index in [9.17, 15) is 4.39 Å². The topological polar surface area (TPSA) is 12.0 Å². The Labute approximate surface area is 102 Å². The van der Waals surface area contributed by atoms with E-state index in [0.29, 0.717) is 0 Å². The number of nitrogens with one attached hydrogen (secondary N) is 1. The van der Waals surface area contributed by atoms with Gasteiger partial charge in [-0.2, -0.15) is 11.8 Å². The zero-order valence-electron chi connectivity index (χ0n) is 10.4. The molecule has 0 aromatic heterocycles. The minimum Gasteiger partial charge on any atom is -0.309 e. The molecule has 0 aliphatic heterocycles. The zero-order valence-corrected chi connectivity index (χ0v) is 11.2. The van der Waals surface area contributed by atoms with E-state index in [1.807, 2.05) is 37.7 Å². The van der Waals surface area contributed by atoms with Crippen LogP contribution in [0.2, 0.25) is 0 Å². The Balaban J connectivity index is 2.72. The molecule has 0 amide bonds. The zero-order chi connectivity index (χ0) is 12.1. The molecule has 90 valence electrons. The molecule has 0 radical (unpaired) electrons. The summed E-state index contributed by atoms with van der Waals surface area (Å²) < 4.78 is 13.5. The van der Waals surface area contributed by atoms with Crippen molar-refractivity contribution < 1.29 is 4.39 Å². The standard InChI is InChI=1S/C13H20FNS/c1-9-7-12(8-10(2)13(9)14)11(3)15-5-6-16-4/h7-8,11,15H,5-6H2,1-4H3. The molecule has 0 aliphatic rings. The Morgan fingerprint density at radius 3 is 2.38 bits per heavy atom. The summed E-state index contributed by atoms with van der Waals surface area (Å²) in [6.07, 6.45) is 2.10. The molecule has 3 heteroatoms. The highest BCUT2D eigenvalue weighted by atomic mass is 32.2. The molecule has 1 rings (SSSR count). The lowest BCUT2D eigenvalue weighted by molar-refractivity contribution is 0.586. The molecule has 0 heterocycles. The van der Waals surface area contributed by atoms with Gasteiger partial charge in [0.05, 0.1) is 0 Å². The predicted molar refractivity (Wildman–Crippen MR) is 70.7 cm³/mol. The van der Waals surface area contributed by atoms with Gasteiger partial charge in [0.25, 0.3) is 0 Å². The second-order valence-corrected chi connectivity index (χ2v) is 5.12. The van der Waals surface area contributed by atoms with Crippen LogP contribution in [0.4, 0.5) is 4.39 Å². The second-order valence-electron chi connectivity index (χ2n) is 4.14. The van der Waals surface area contributed by atoms with Crippen LogP contribution in [-0.2, 0) is 0 Å². The first kappa shape index (κ1) is 13.5. The molecule has 1 N–H and O–H groups in total. The molecular weight excluding hydrogens is 221 g/mol. The van der Waals surface area contributed by atoms with Gasteiger partial charge < -0.3 is 5.32 Å². The van der Waals surface area contributed by atoms with Crippen LogP contribution in [-0.4, -0.2) is 18.6 Å². The van der Waals surface area contributed by atoms with Crippen LogP contribution in [0, 0.1) is 19.7 Å². The Hall–Kier alpha value is -0.540. The van der Waals surface area contributed by atoms with Gasteiger partial charge in [-0.15, -0.1) is 0 Å². The van der Waals surface area contributed by atoms with Gasteiger partial charge in [-0.25, -0.2) is 4.39 Å². The number of aryl methyl sites for hydroxylation is 2. The van der Waals surface area contributed by atoms with Crippen molar-refractivity contribution >= 4 is 11.8 Å². The van der Waals surface area contributed by atoms with E-state index < -0.39 is 0 Å². The summed E-state index contributed by atoms with van der Waals surface area (Å²) in [6, 6.07) is 4.14. The van der Waals surface area contributed by atoms with Crippen molar-refractivity contribution in [3.8, 4) is 0 Å². The fourth-order valence-electron chi connectivity index (χ4n) is 1.72. The number of benzene rings is 1. The maximum atomic E-state index is 13.5. The first-order valence-corrected chi connectivity index (χ1v) is 6.94. The third-order valence-electron chi connectivity index (χ3n) is 2.72. The molecule has 1 nitrogen and oxygen atoms in total. The van der Waals surface area contributed by atoms with Crippen LogP contribution in [0.15, 0.2) is 12.1 Å². The van der Waals surface area contributed by atoms with E-state index in [0.717, 1.165) is 29.0 Å². The molecule has 1 unspecified atom stereocenters. The van der Waals surface area contributed by atoms with Gasteiger partial charge in [-0.1, -0.05) is 12.1 Å². The van der Waals surface area contributed by atoms with Crippen molar-refractivity contribution in [2.45, 2.75) is 26.8 Å². The van der Waals surface area contributed by atoms with Crippen molar-refractivity contribution in [2.75, 3.05) is 18.6 Å². The molecule has 0 saturated carbocycles. The number of hydrogen-bond donors (Lipinski definition) is 1. The quantitative estimate of drug-likeness (QED) is 0.792. The fourth-order valence-corrected chi connectivity index (χ4v) is 2.05. The lowest BCUT2D eigenvalue weighted by atomic mass is 10.0. The smallest absolute Gasteiger partial charge is 0.129 e. The Morgan fingerprint density at radius 1 is 1.31 bits per heavy atom. The SMILES string of the molecule is CSCCNC(C)c1cc(C)c(F)c(C)c1. The molecule has 0 saturated heterocycles. The number of thioether (sulfide) groups is 1. The van der Waals surface area contributed by atoms with Crippen LogP contribution >= 0.6 is 11.8 Å². The summed E-state index contributed by atoms with van der Waals surface area (Å²) in [4.78, 5) is 0. The van der Waals surface area contributed by atoms with Gasteiger partial charge in [-0.3, -0.25) is 0 Å². The summed E-state index contributed by atoms with van der Waals surface area (Å²) in [7, 11) is 0. The minimum absolute atomic E-state index is 0.0833. The van der Waals surface area contributed by atoms with Gasteiger partial charge >= 0.3 is 0 Å². The average Bonchev–Trinajstić information content (AvgIpc) is 2.25. The molecule has 1 atom stereocenters. The Kier molecular flexibility index (Phi) is 5.29. The van der Waals surface area contributed by atoms with Crippen LogP contribution < -0.4 is 5.32 Å². The van der Waals surface area contributed by atoms with Gasteiger partial charge in [-0.05, 0) is 43.7 Å². The summed E-state index contributed by atoms with van der Waals surface area (Å²) >= 11 is 1.83.